The molecule has 0 N–H and O–H groups in total. The fourth-order valence-electron chi connectivity index (χ4n) is 1.96. The number of rotatable bonds is 3. The van der Waals surface area contributed by atoms with Gasteiger partial charge in [0, 0.05) is 0 Å². The van der Waals surface area contributed by atoms with Crippen LogP contribution >= 0.6 is 0 Å². The van der Waals surface area contributed by atoms with E-state index in [0.717, 1.165) is 30.5 Å². The number of hydrogen-bond acceptors (Lipinski definition) is 0. The first-order valence-electron chi connectivity index (χ1n) is 4.35. The third-order valence-electron chi connectivity index (χ3n) is 2.56. The fourth-order valence-corrected chi connectivity index (χ4v) is 5.40. The van der Waals surface area contributed by atoms with Crippen molar-refractivity contribution in [3.05, 3.63) is 24.8 Å². The van der Waals surface area contributed by atoms with Gasteiger partial charge in [0.05, 0.1) is 0 Å². The predicted octanol–water partition coefficient (Wildman–Crippen LogP) is 2.82. The van der Waals surface area contributed by atoms with E-state index in [2.05, 4.69) is 24.8 Å². The first-order chi connectivity index (χ1) is 5.40. The first-order valence-corrected chi connectivity index (χ1v) is 6.32. The minimum absolute atomic E-state index is 0.919. The molecule has 1 saturated heterocycles. The molecule has 2 unspecified atom stereocenters. The SMILES string of the molecule is C=CCC[C@H]1[Se]C2C=CC1C2. The monoisotopic (exact) mass is 214 g/mol. The zero-order valence-corrected chi connectivity index (χ0v) is 8.41. The zero-order chi connectivity index (χ0) is 7.68. The Labute approximate surface area is 74.9 Å². The summed E-state index contributed by atoms with van der Waals surface area (Å²) < 4.78 is 0. The second-order valence-electron chi connectivity index (χ2n) is 3.36. The molecular weight excluding hydrogens is 199 g/mol. The van der Waals surface area contributed by atoms with E-state index < -0.39 is 0 Å². The Bertz CT molecular complexity index is 183. The van der Waals surface area contributed by atoms with E-state index in [1.807, 2.05) is 0 Å². The maximum atomic E-state index is 3.77. The molecule has 0 nitrogen and oxygen atoms in total. The summed E-state index contributed by atoms with van der Waals surface area (Å²) in [5.41, 5.74) is 0. The molecule has 1 heteroatoms. The van der Waals surface area contributed by atoms with Crippen molar-refractivity contribution in [2.45, 2.75) is 28.9 Å². The normalized spacial score (nSPS) is 39.8. The van der Waals surface area contributed by atoms with Crippen LogP contribution in [0.3, 0.4) is 0 Å². The molecular formula is C10H14Se. The first kappa shape index (κ1) is 7.64. The summed E-state index contributed by atoms with van der Waals surface area (Å²) in [7, 11) is 0. The average Bonchev–Trinajstić information content (AvgIpc) is 2.60. The van der Waals surface area contributed by atoms with Crippen molar-refractivity contribution in [3.8, 4) is 0 Å². The summed E-state index contributed by atoms with van der Waals surface area (Å²) >= 11 is 0.919. The van der Waals surface area contributed by atoms with Gasteiger partial charge < -0.3 is 0 Å². The molecule has 2 aliphatic rings. The molecule has 1 aliphatic carbocycles. The third kappa shape index (κ3) is 1.45. The van der Waals surface area contributed by atoms with Crippen LogP contribution in [0.25, 0.3) is 0 Å². The molecule has 2 bridgehead atoms. The topological polar surface area (TPSA) is 0 Å². The molecule has 3 atom stereocenters. The van der Waals surface area contributed by atoms with Gasteiger partial charge in [-0.05, 0) is 0 Å². The Hall–Kier alpha value is -0.000519. The molecule has 60 valence electrons. The van der Waals surface area contributed by atoms with E-state index in [0.29, 0.717) is 0 Å². The molecule has 0 amide bonds. The van der Waals surface area contributed by atoms with Crippen LogP contribution in [0.1, 0.15) is 19.3 Å². The van der Waals surface area contributed by atoms with Crippen molar-refractivity contribution in [3.63, 3.8) is 0 Å². The Morgan fingerprint density at radius 1 is 1.55 bits per heavy atom. The van der Waals surface area contributed by atoms with E-state index >= 15 is 0 Å². The van der Waals surface area contributed by atoms with E-state index in [-0.39, 0.29) is 0 Å². The molecule has 0 aromatic heterocycles. The molecule has 11 heavy (non-hydrogen) atoms. The van der Waals surface area contributed by atoms with Crippen LogP contribution in [0.4, 0.5) is 0 Å². The average molecular weight is 213 g/mol. The second kappa shape index (κ2) is 3.16. The molecule has 0 aromatic rings. The predicted molar refractivity (Wildman–Crippen MR) is 49.9 cm³/mol. The molecule has 2 rings (SSSR count). The number of fused-ring (bicyclic) bond motifs is 2. The van der Waals surface area contributed by atoms with Gasteiger partial charge in [0.25, 0.3) is 0 Å². The maximum absolute atomic E-state index is 3.77. The van der Waals surface area contributed by atoms with E-state index in [4.69, 9.17) is 0 Å². The van der Waals surface area contributed by atoms with Crippen LogP contribution < -0.4 is 0 Å². The fraction of sp³-hybridized carbons (Fsp3) is 0.600. The van der Waals surface area contributed by atoms with Gasteiger partial charge >= 0.3 is 74.6 Å². The summed E-state index contributed by atoms with van der Waals surface area (Å²) in [5, 5.41) is 0. The molecule has 0 saturated carbocycles. The standard InChI is InChI=1S/C10H14Se/c1-2-3-4-10-8-5-6-9(7-8)11-10/h2,5-6,8-10H,1,3-4,7H2/t8?,9?,10-/m1/s1. The molecule has 0 radical (unpaired) electrons. The molecule has 1 heterocycles. The van der Waals surface area contributed by atoms with Crippen molar-refractivity contribution in [2.75, 3.05) is 0 Å². The van der Waals surface area contributed by atoms with Crippen LogP contribution in [0, 0.1) is 5.92 Å². The summed E-state index contributed by atoms with van der Waals surface area (Å²) in [4.78, 5) is 2.05. The van der Waals surface area contributed by atoms with Gasteiger partial charge in [0.15, 0.2) is 0 Å². The van der Waals surface area contributed by atoms with E-state index in [1.54, 1.807) is 0 Å². The van der Waals surface area contributed by atoms with Crippen LogP contribution in [-0.2, 0) is 0 Å². The molecule has 0 spiro atoms. The van der Waals surface area contributed by atoms with Crippen molar-refractivity contribution < 1.29 is 0 Å². The molecule has 0 aromatic carbocycles. The van der Waals surface area contributed by atoms with Crippen LogP contribution in [0.15, 0.2) is 24.8 Å². The Balaban J connectivity index is 1.88. The third-order valence-corrected chi connectivity index (χ3v) is 5.99. The Morgan fingerprint density at radius 3 is 3.00 bits per heavy atom. The van der Waals surface area contributed by atoms with Gasteiger partial charge in [-0.25, -0.2) is 0 Å². The number of allylic oxidation sites excluding steroid dienone is 3. The molecule has 1 aliphatic heterocycles. The summed E-state index contributed by atoms with van der Waals surface area (Å²) in [6.45, 7) is 3.77. The summed E-state index contributed by atoms with van der Waals surface area (Å²) in [5.74, 6) is 0.958. The Morgan fingerprint density at radius 2 is 2.45 bits per heavy atom. The van der Waals surface area contributed by atoms with Crippen LogP contribution in [-0.4, -0.2) is 15.0 Å². The van der Waals surface area contributed by atoms with E-state index in [1.165, 1.54) is 19.3 Å². The van der Waals surface area contributed by atoms with Gasteiger partial charge in [0.2, 0.25) is 0 Å². The van der Waals surface area contributed by atoms with Gasteiger partial charge in [-0.2, -0.15) is 0 Å². The van der Waals surface area contributed by atoms with Gasteiger partial charge in [-0.1, -0.05) is 0 Å². The van der Waals surface area contributed by atoms with Crippen molar-refractivity contribution in [2.24, 2.45) is 5.92 Å². The van der Waals surface area contributed by atoms with Gasteiger partial charge in [-0.15, -0.1) is 0 Å². The van der Waals surface area contributed by atoms with Gasteiger partial charge in [0.1, 0.15) is 0 Å². The molecule has 1 fully saturated rings. The zero-order valence-electron chi connectivity index (χ0n) is 6.70. The second-order valence-corrected chi connectivity index (χ2v) is 6.48. The summed E-state index contributed by atoms with van der Waals surface area (Å²) in [6.07, 6.45) is 11.0. The minimum atomic E-state index is 0.919. The number of hydrogen-bond donors (Lipinski definition) is 0. The van der Waals surface area contributed by atoms with Crippen molar-refractivity contribution in [1.29, 1.82) is 0 Å². The Kier molecular flexibility index (Phi) is 2.20. The summed E-state index contributed by atoms with van der Waals surface area (Å²) in [6, 6.07) is 0. The van der Waals surface area contributed by atoms with Crippen LogP contribution in [0.2, 0.25) is 9.63 Å². The van der Waals surface area contributed by atoms with Crippen LogP contribution in [0.5, 0.6) is 0 Å². The van der Waals surface area contributed by atoms with Gasteiger partial charge in [-0.3, -0.25) is 0 Å². The van der Waals surface area contributed by atoms with Crippen molar-refractivity contribution >= 4 is 15.0 Å². The van der Waals surface area contributed by atoms with Crippen molar-refractivity contribution in [1.82, 2.24) is 0 Å². The van der Waals surface area contributed by atoms with E-state index in [9.17, 15) is 0 Å². The quantitative estimate of drug-likeness (QED) is 0.499.